The van der Waals surface area contributed by atoms with Gasteiger partial charge in [-0.15, -0.1) is 0 Å². The Balaban J connectivity index is 1.30. The average Bonchev–Trinajstić information content (AvgIpc) is 3.45. The Hall–Kier alpha value is -3.87. The Morgan fingerprint density at radius 2 is 1.55 bits per heavy atom. The van der Waals surface area contributed by atoms with E-state index in [9.17, 15) is 0 Å². The van der Waals surface area contributed by atoms with Crippen LogP contribution < -0.4 is 10.6 Å². The zero-order valence-corrected chi connectivity index (χ0v) is 17.8. The second kappa shape index (κ2) is 9.30. The fraction of sp³-hybridized carbons (Fsp3) is 0.208. The van der Waals surface area contributed by atoms with E-state index in [1.165, 1.54) is 11.1 Å². The van der Waals surface area contributed by atoms with Crippen LogP contribution in [0.3, 0.4) is 0 Å². The van der Waals surface area contributed by atoms with E-state index in [4.69, 9.17) is 8.83 Å². The predicted molar refractivity (Wildman–Crippen MR) is 120 cm³/mol. The molecule has 0 aliphatic heterocycles. The summed E-state index contributed by atoms with van der Waals surface area (Å²) in [4.78, 5) is 13.1. The number of oxazole rings is 2. The summed E-state index contributed by atoms with van der Waals surface area (Å²) >= 11 is 0. The molecule has 7 heteroatoms. The van der Waals surface area contributed by atoms with Gasteiger partial charge in [0.2, 0.25) is 11.8 Å². The van der Waals surface area contributed by atoms with Crippen molar-refractivity contribution in [1.82, 2.24) is 20.6 Å². The number of guanidine groups is 1. The number of aliphatic imine (C=N–C) groups is 1. The van der Waals surface area contributed by atoms with Crippen molar-refractivity contribution in [3.63, 3.8) is 0 Å². The van der Waals surface area contributed by atoms with E-state index in [-0.39, 0.29) is 0 Å². The molecule has 2 heterocycles. The van der Waals surface area contributed by atoms with Crippen LogP contribution in [0, 0.1) is 13.8 Å². The summed E-state index contributed by atoms with van der Waals surface area (Å²) in [6.45, 7) is 5.00. The summed E-state index contributed by atoms with van der Waals surface area (Å²) in [5.41, 5.74) is 5.15. The molecule has 4 aromatic rings. The van der Waals surface area contributed by atoms with Crippen LogP contribution in [0.25, 0.3) is 22.8 Å². The van der Waals surface area contributed by atoms with Crippen molar-refractivity contribution in [3.05, 3.63) is 83.7 Å². The van der Waals surface area contributed by atoms with Crippen LogP contribution in [0.15, 0.2) is 74.8 Å². The number of hydrogen-bond acceptors (Lipinski definition) is 5. The molecule has 0 spiro atoms. The maximum atomic E-state index is 5.84. The van der Waals surface area contributed by atoms with E-state index < -0.39 is 0 Å². The van der Waals surface area contributed by atoms with Gasteiger partial charge in [0.1, 0.15) is 6.26 Å². The van der Waals surface area contributed by atoms with Crippen LogP contribution in [0.5, 0.6) is 0 Å². The minimum Gasteiger partial charge on any atom is -0.444 e. The van der Waals surface area contributed by atoms with Crippen LogP contribution in [-0.4, -0.2) is 23.0 Å². The van der Waals surface area contributed by atoms with Crippen molar-refractivity contribution in [2.45, 2.75) is 26.9 Å². The molecular formula is C24H25N5O2. The number of aryl methyl sites for hydroxylation is 2. The number of hydrogen-bond donors (Lipinski definition) is 2. The third-order valence-corrected chi connectivity index (χ3v) is 4.81. The highest BCUT2D eigenvalue weighted by atomic mass is 16.4. The smallest absolute Gasteiger partial charge is 0.226 e. The van der Waals surface area contributed by atoms with Crippen molar-refractivity contribution in [2.24, 2.45) is 4.99 Å². The molecule has 0 unspecified atom stereocenters. The Labute approximate surface area is 181 Å². The van der Waals surface area contributed by atoms with Gasteiger partial charge in [-0.05, 0) is 26.0 Å². The molecule has 0 bridgehead atoms. The first kappa shape index (κ1) is 20.4. The van der Waals surface area contributed by atoms with E-state index in [1.807, 2.05) is 36.4 Å². The van der Waals surface area contributed by atoms with Gasteiger partial charge in [-0.1, -0.05) is 47.5 Å². The molecule has 2 N–H and O–H groups in total. The monoisotopic (exact) mass is 415 g/mol. The van der Waals surface area contributed by atoms with Gasteiger partial charge >= 0.3 is 0 Å². The Kier molecular flexibility index (Phi) is 6.12. The summed E-state index contributed by atoms with van der Waals surface area (Å²) in [5.74, 6) is 2.55. The highest BCUT2D eigenvalue weighted by Crippen LogP contribution is 2.21. The average molecular weight is 415 g/mol. The molecule has 0 aliphatic rings. The van der Waals surface area contributed by atoms with Gasteiger partial charge in [0.15, 0.2) is 11.7 Å². The molecule has 4 rings (SSSR count). The maximum Gasteiger partial charge on any atom is 0.226 e. The van der Waals surface area contributed by atoms with Crippen LogP contribution in [0.4, 0.5) is 0 Å². The quantitative estimate of drug-likeness (QED) is 0.357. The summed E-state index contributed by atoms with van der Waals surface area (Å²) in [6, 6.07) is 16.2. The van der Waals surface area contributed by atoms with E-state index in [0.29, 0.717) is 30.8 Å². The van der Waals surface area contributed by atoms with E-state index in [2.05, 4.69) is 51.6 Å². The minimum absolute atomic E-state index is 0.416. The number of benzene rings is 2. The molecule has 0 amide bonds. The maximum absolute atomic E-state index is 5.84. The molecule has 2 aromatic heterocycles. The first-order valence-electron chi connectivity index (χ1n) is 10.1. The van der Waals surface area contributed by atoms with Gasteiger partial charge in [0, 0.05) is 18.2 Å². The predicted octanol–water partition coefficient (Wildman–Crippen LogP) is 4.48. The van der Waals surface area contributed by atoms with Gasteiger partial charge in [-0.2, -0.15) is 0 Å². The molecule has 2 aromatic carbocycles. The molecule has 158 valence electrons. The van der Waals surface area contributed by atoms with Crippen molar-refractivity contribution in [1.29, 1.82) is 0 Å². The zero-order valence-electron chi connectivity index (χ0n) is 17.8. The molecule has 0 saturated heterocycles. The number of aromatic nitrogens is 2. The molecular weight excluding hydrogens is 390 g/mol. The van der Waals surface area contributed by atoms with Crippen molar-refractivity contribution >= 4 is 5.96 Å². The third-order valence-electron chi connectivity index (χ3n) is 4.81. The zero-order chi connectivity index (χ0) is 21.6. The fourth-order valence-corrected chi connectivity index (χ4v) is 3.01. The first-order chi connectivity index (χ1) is 15.1. The Morgan fingerprint density at radius 3 is 2.23 bits per heavy atom. The second-order valence-electron chi connectivity index (χ2n) is 7.27. The van der Waals surface area contributed by atoms with Crippen LogP contribution >= 0.6 is 0 Å². The lowest BCUT2D eigenvalue weighted by atomic mass is 10.1. The number of nitrogens with zero attached hydrogens (tertiary/aromatic N) is 3. The SMILES string of the molecule is CN=C(NCc1coc(-c2ccc(C)cc2)n1)NCc1ncc(-c2ccc(C)cc2)o1. The van der Waals surface area contributed by atoms with Gasteiger partial charge in [0.05, 0.1) is 25.0 Å². The minimum atomic E-state index is 0.416. The summed E-state index contributed by atoms with van der Waals surface area (Å²) in [7, 11) is 1.71. The molecule has 0 atom stereocenters. The number of nitrogens with one attached hydrogen (secondary N) is 2. The van der Waals surface area contributed by atoms with Gasteiger partial charge in [-0.3, -0.25) is 4.99 Å². The summed E-state index contributed by atoms with van der Waals surface area (Å²) in [6.07, 6.45) is 3.39. The molecule has 31 heavy (non-hydrogen) atoms. The van der Waals surface area contributed by atoms with Crippen molar-refractivity contribution in [3.8, 4) is 22.8 Å². The van der Waals surface area contributed by atoms with Gasteiger partial charge in [0.25, 0.3) is 0 Å². The normalized spacial score (nSPS) is 11.5. The highest BCUT2D eigenvalue weighted by Gasteiger charge is 2.09. The molecule has 7 nitrogen and oxygen atoms in total. The van der Waals surface area contributed by atoms with Crippen molar-refractivity contribution in [2.75, 3.05) is 7.05 Å². The number of rotatable bonds is 6. The largest absolute Gasteiger partial charge is 0.444 e. The van der Waals surface area contributed by atoms with E-state index in [1.54, 1.807) is 19.5 Å². The molecule has 0 saturated carbocycles. The van der Waals surface area contributed by atoms with Crippen LogP contribution in [0.1, 0.15) is 22.7 Å². The van der Waals surface area contributed by atoms with Crippen molar-refractivity contribution < 1.29 is 8.83 Å². The van der Waals surface area contributed by atoms with E-state index >= 15 is 0 Å². The lowest BCUT2D eigenvalue weighted by Gasteiger charge is -2.09. The van der Waals surface area contributed by atoms with E-state index in [0.717, 1.165) is 22.6 Å². The van der Waals surface area contributed by atoms with Crippen LogP contribution in [-0.2, 0) is 13.1 Å². The highest BCUT2D eigenvalue weighted by molar-refractivity contribution is 5.79. The Bertz CT molecular complexity index is 1070. The molecule has 0 aliphatic carbocycles. The fourth-order valence-electron chi connectivity index (χ4n) is 3.01. The van der Waals surface area contributed by atoms with Gasteiger partial charge < -0.3 is 19.5 Å². The standard InChI is InChI=1S/C24H25N5O2/c1-16-4-8-18(9-5-16)21-13-26-22(31-21)14-28-24(25-3)27-12-20-15-30-23(29-20)19-10-6-17(2)7-11-19/h4-11,13,15H,12,14H2,1-3H3,(H2,25,27,28). The molecule has 0 fully saturated rings. The lowest BCUT2D eigenvalue weighted by Crippen LogP contribution is -2.36. The van der Waals surface area contributed by atoms with Crippen LogP contribution in [0.2, 0.25) is 0 Å². The lowest BCUT2D eigenvalue weighted by molar-refractivity contribution is 0.497. The first-order valence-corrected chi connectivity index (χ1v) is 10.1. The Morgan fingerprint density at radius 1 is 0.903 bits per heavy atom. The molecule has 0 radical (unpaired) electrons. The topological polar surface area (TPSA) is 88.5 Å². The summed E-state index contributed by atoms with van der Waals surface area (Å²) in [5, 5.41) is 6.42. The third kappa shape index (κ3) is 5.19. The second-order valence-corrected chi connectivity index (χ2v) is 7.27. The van der Waals surface area contributed by atoms with Gasteiger partial charge in [-0.25, -0.2) is 9.97 Å². The summed E-state index contributed by atoms with van der Waals surface area (Å²) < 4.78 is 11.4.